The van der Waals surface area contributed by atoms with E-state index >= 15 is 0 Å². The molecule has 2 unspecified atom stereocenters. The molecule has 0 bridgehead atoms. The Bertz CT molecular complexity index is 404. The van der Waals surface area contributed by atoms with Crippen molar-refractivity contribution in [3.05, 3.63) is 33.9 Å². The highest BCUT2D eigenvalue weighted by molar-refractivity contribution is 5.57. The average Bonchev–Trinajstić information content (AvgIpc) is 2.30. The molecule has 0 fully saturated rings. The molecule has 4 heteroatoms. The molecule has 1 N–H and O–H groups in total. The number of rotatable bonds is 5. The van der Waals surface area contributed by atoms with Crippen LogP contribution in [0.3, 0.4) is 0 Å². The lowest BCUT2D eigenvalue weighted by atomic mass is 10.00. The Kier molecular flexibility index (Phi) is 4.49. The maximum atomic E-state index is 10.7. The molecule has 94 valence electrons. The molecule has 17 heavy (non-hydrogen) atoms. The topological polar surface area (TPSA) is 55.2 Å². The van der Waals surface area contributed by atoms with Crippen molar-refractivity contribution in [3.8, 4) is 0 Å². The van der Waals surface area contributed by atoms with Crippen LogP contribution >= 0.6 is 0 Å². The summed E-state index contributed by atoms with van der Waals surface area (Å²) in [4.78, 5) is 10.4. The van der Waals surface area contributed by atoms with E-state index in [-0.39, 0.29) is 10.6 Å². The predicted molar refractivity (Wildman–Crippen MR) is 70.4 cm³/mol. The molecule has 0 amide bonds. The van der Waals surface area contributed by atoms with E-state index in [2.05, 4.69) is 26.1 Å². The highest BCUT2D eigenvalue weighted by Gasteiger charge is 2.13. The Hall–Kier alpha value is -1.58. The van der Waals surface area contributed by atoms with Crippen molar-refractivity contribution >= 4 is 11.4 Å². The van der Waals surface area contributed by atoms with E-state index in [9.17, 15) is 10.1 Å². The van der Waals surface area contributed by atoms with Gasteiger partial charge in [0.05, 0.1) is 4.92 Å². The summed E-state index contributed by atoms with van der Waals surface area (Å²) in [6.07, 6.45) is 1.09. The van der Waals surface area contributed by atoms with Crippen LogP contribution in [-0.2, 0) is 0 Å². The van der Waals surface area contributed by atoms with E-state index in [1.165, 1.54) is 6.07 Å². The second-order valence-electron chi connectivity index (χ2n) is 4.57. The molecule has 0 heterocycles. The number of nitro groups is 1. The van der Waals surface area contributed by atoms with Gasteiger partial charge in [0.2, 0.25) is 0 Å². The Balaban J connectivity index is 2.89. The van der Waals surface area contributed by atoms with Crippen LogP contribution in [0.25, 0.3) is 0 Å². The molecule has 0 spiro atoms. The SMILES string of the molecule is CCC(C)C(C)Nc1cc([N+](=O)[O-])ccc1C. The predicted octanol–water partition coefficient (Wildman–Crippen LogP) is 3.75. The minimum Gasteiger partial charge on any atom is -0.382 e. The van der Waals surface area contributed by atoms with Crippen LogP contribution in [0.2, 0.25) is 0 Å². The molecular weight excluding hydrogens is 216 g/mol. The van der Waals surface area contributed by atoms with E-state index in [0.29, 0.717) is 12.0 Å². The molecule has 0 aliphatic heterocycles. The summed E-state index contributed by atoms with van der Waals surface area (Å²) in [5.74, 6) is 0.536. The fraction of sp³-hybridized carbons (Fsp3) is 0.538. The van der Waals surface area contributed by atoms with E-state index in [0.717, 1.165) is 17.7 Å². The average molecular weight is 236 g/mol. The van der Waals surface area contributed by atoms with Gasteiger partial charge < -0.3 is 5.32 Å². The molecule has 1 aromatic carbocycles. The molecule has 1 aromatic rings. The van der Waals surface area contributed by atoms with Crippen molar-refractivity contribution in [1.82, 2.24) is 0 Å². The number of nitro benzene ring substituents is 1. The molecule has 0 aliphatic rings. The number of anilines is 1. The van der Waals surface area contributed by atoms with Gasteiger partial charge in [0.15, 0.2) is 0 Å². The Morgan fingerprint density at radius 1 is 1.41 bits per heavy atom. The Morgan fingerprint density at radius 3 is 2.59 bits per heavy atom. The zero-order valence-corrected chi connectivity index (χ0v) is 10.9. The summed E-state index contributed by atoms with van der Waals surface area (Å²) in [7, 11) is 0. The van der Waals surface area contributed by atoms with Crippen LogP contribution in [0, 0.1) is 23.0 Å². The van der Waals surface area contributed by atoms with Gasteiger partial charge in [0.25, 0.3) is 5.69 Å². The second-order valence-corrected chi connectivity index (χ2v) is 4.57. The minimum absolute atomic E-state index is 0.134. The lowest BCUT2D eigenvalue weighted by Crippen LogP contribution is -2.23. The highest BCUT2D eigenvalue weighted by Crippen LogP contribution is 2.24. The second kappa shape index (κ2) is 5.66. The van der Waals surface area contributed by atoms with Gasteiger partial charge in [-0.2, -0.15) is 0 Å². The van der Waals surface area contributed by atoms with Crippen LogP contribution in [0.4, 0.5) is 11.4 Å². The quantitative estimate of drug-likeness (QED) is 0.625. The smallest absolute Gasteiger partial charge is 0.271 e. The third-order valence-corrected chi connectivity index (χ3v) is 3.31. The third kappa shape index (κ3) is 3.44. The van der Waals surface area contributed by atoms with Crippen LogP contribution in [0.1, 0.15) is 32.8 Å². The first kappa shape index (κ1) is 13.5. The molecule has 0 aliphatic carbocycles. The van der Waals surface area contributed by atoms with Crippen molar-refractivity contribution in [3.63, 3.8) is 0 Å². The fourth-order valence-electron chi connectivity index (χ4n) is 1.62. The maximum absolute atomic E-state index is 10.7. The number of hydrogen-bond donors (Lipinski definition) is 1. The van der Waals surface area contributed by atoms with Crippen LogP contribution < -0.4 is 5.32 Å². The molecule has 0 aromatic heterocycles. The monoisotopic (exact) mass is 236 g/mol. The number of non-ortho nitro benzene ring substituents is 1. The van der Waals surface area contributed by atoms with E-state index in [4.69, 9.17) is 0 Å². The van der Waals surface area contributed by atoms with Gasteiger partial charge in [0.1, 0.15) is 0 Å². The van der Waals surface area contributed by atoms with Gasteiger partial charge in [-0.3, -0.25) is 10.1 Å². The number of nitrogens with zero attached hydrogens (tertiary/aromatic N) is 1. The lowest BCUT2D eigenvalue weighted by Gasteiger charge is -2.22. The summed E-state index contributed by atoms with van der Waals surface area (Å²) < 4.78 is 0. The normalized spacial score (nSPS) is 14.1. The van der Waals surface area contributed by atoms with E-state index in [1.807, 2.05) is 6.92 Å². The maximum Gasteiger partial charge on any atom is 0.271 e. The Labute approximate surface area is 102 Å². The lowest BCUT2D eigenvalue weighted by molar-refractivity contribution is -0.384. The van der Waals surface area contributed by atoms with Crippen molar-refractivity contribution in [1.29, 1.82) is 0 Å². The molecular formula is C13H20N2O2. The minimum atomic E-state index is -0.363. The van der Waals surface area contributed by atoms with Gasteiger partial charge in [0, 0.05) is 23.9 Å². The first-order valence-electron chi connectivity index (χ1n) is 5.97. The number of aryl methyl sites for hydroxylation is 1. The van der Waals surface area contributed by atoms with Crippen molar-refractivity contribution < 1.29 is 4.92 Å². The van der Waals surface area contributed by atoms with Gasteiger partial charge in [-0.25, -0.2) is 0 Å². The van der Waals surface area contributed by atoms with Gasteiger partial charge in [-0.05, 0) is 25.3 Å². The van der Waals surface area contributed by atoms with Gasteiger partial charge >= 0.3 is 0 Å². The summed E-state index contributed by atoms with van der Waals surface area (Å²) in [5, 5.41) is 14.1. The van der Waals surface area contributed by atoms with Crippen molar-refractivity contribution in [2.24, 2.45) is 5.92 Å². The Morgan fingerprint density at radius 2 is 2.06 bits per heavy atom. The van der Waals surface area contributed by atoms with Gasteiger partial charge in [-0.1, -0.05) is 26.3 Å². The molecule has 0 saturated heterocycles. The summed E-state index contributed by atoms with van der Waals surface area (Å²) in [6.45, 7) is 8.37. The van der Waals surface area contributed by atoms with Crippen molar-refractivity contribution in [2.75, 3.05) is 5.32 Å². The largest absolute Gasteiger partial charge is 0.382 e. The third-order valence-electron chi connectivity index (χ3n) is 3.31. The summed E-state index contributed by atoms with van der Waals surface area (Å²) in [5.41, 5.74) is 2.02. The standard InChI is InChI=1S/C13H20N2O2/c1-5-9(2)11(4)14-13-8-12(15(16)17)7-6-10(13)3/h6-9,11,14H,5H2,1-4H3. The fourth-order valence-corrected chi connectivity index (χ4v) is 1.62. The highest BCUT2D eigenvalue weighted by atomic mass is 16.6. The number of nitrogens with one attached hydrogen (secondary N) is 1. The van der Waals surface area contributed by atoms with E-state index < -0.39 is 0 Å². The summed E-state index contributed by atoms with van der Waals surface area (Å²) in [6, 6.07) is 5.23. The van der Waals surface area contributed by atoms with Crippen molar-refractivity contribution in [2.45, 2.75) is 40.2 Å². The van der Waals surface area contributed by atoms with Gasteiger partial charge in [-0.15, -0.1) is 0 Å². The first-order chi connectivity index (χ1) is 7.95. The van der Waals surface area contributed by atoms with E-state index in [1.54, 1.807) is 12.1 Å². The molecule has 0 saturated carbocycles. The molecule has 4 nitrogen and oxygen atoms in total. The molecule has 2 atom stereocenters. The zero-order chi connectivity index (χ0) is 13.0. The number of hydrogen-bond acceptors (Lipinski definition) is 3. The van der Waals surface area contributed by atoms with Crippen LogP contribution in [0.15, 0.2) is 18.2 Å². The van der Waals surface area contributed by atoms with Crippen LogP contribution in [0.5, 0.6) is 0 Å². The van der Waals surface area contributed by atoms with Crippen LogP contribution in [-0.4, -0.2) is 11.0 Å². The molecule has 0 radical (unpaired) electrons. The zero-order valence-electron chi connectivity index (χ0n) is 10.9. The number of benzene rings is 1. The summed E-state index contributed by atoms with van der Waals surface area (Å²) >= 11 is 0. The first-order valence-corrected chi connectivity index (χ1v) is 5.97. The molecule has 1 rings (SSSR count).